The van der Waals surface area contributed by atoms with Crippen LogP contribution in [0.4, 0.5) is 4.79 Å². The maximum atomic E-state index is 12.2. The summed E-state index contributed by atoms with van der Waals surface area (Å²) in [6.45, 7) is 4.78. The van der Waals surface area contributed by atoms with Crippen molar-refractivity contribution in [1.82, 2.24) is 16.0 Å². The van der Waals surface area contributed by atoms with E-state index >= 15 is 0 Å². The molecule has 0 aliphatic heterocycles. The van der Waals surface area contributed by atoms with Crippen molar-refractivity contribution in [3.63, 3.8) is 0 Å². The Bertz CT molecular complexity index is 740. The molecule has 0 aliphatic carbocycles. The van der Waals surface area contributed by atoms with Gasteiger partial charge < -0.3 is 20.7 Å². The van der Waals surface area contributed by atoms with Crippen molar-refractivity contribution in [2.75, 3.05) is 13.7 Å². The molecule has 0 atom stereocenters. The monoisotopic (exact) mass is 369 g/mol. The molecule has 27 heavy (non-hydrogen) atoms. The van der Waals surface area contributed by atoms with Gasteiger partial charge in [0.2, 0.25) is 0 Å². The number of amides is 3. The Hall–Kier alpha value is -3.02. The molecule has 2 rings (SSSR count). The molecule has 0 heterocycles. The Morgan fingerprint density at radius 3 is 2.15 bits per heavy atom. The van der Waals surface area contributed by atoms with Crippen LogP contribution in [0, 0.1) is 0 Å². The van der Waals surface area contributed by atoms with Gasteiger partial charge in [0.25, 0.3) is 5.91 Å². The van der Waals surface area contributed by atoms with Crippen LogP contribution in [0.5, 0.6) is 5.75 Å². The van der Waals surface area contributed by atoms with E-state index in [9.17, 15) is 9.59 Å². The van der Waals surface area contributed by atoms with Crippen molar-refractivity contribution < 1.29 is 14.3 Å². The fourth-order valence-electron chi connectivity index (χ4n) is 2.48. The number of carbonyl (C=O) groups is 2. The molecule has 0 saturated heterocycles. The molecule has 0 bridgehead atoms. The van der Waals surface area contributed by atoms with Crippen LogP contribution >= 0.6 is 0 Å². The first kappa shape index (κ1) is 20.3. The van der Waals surface area contributed by atoms with Crippen LogP contribution in [-0.4, -0.2) is 31.6 Å². The minimum absolute atomic E-state index is 0.0917. The highest BCUT2D eigenvalue weighted by molar-refractivity contribution is 5.94. The average Bonchev–Trinajstić information content (AvgIpc) is 2.66. The van der Waals surface area contributed by atoms with Crippen LogP contribution in [0.15, 0.2) is 48.5 Å². The summed E-state index contributed by atoms with van der Waals surface area (Å²) in [6.07, 6.45) is 0.753. The third-order valence-electron chi connectivity index (χ3n) is 3.95. The van der Waals surface area contributed by atoms with Crippen LogP contribution in [-0.2, 0) is 13.0 Å². The minimum atomic E-state index is -0.203. The molecule has 0 unspecified atom stereocenters. The van der Waals surface area contributed by atoms with Crippen LogP contribution in [0.1, 0.15) is 35.3 Å². The zero-order valence-corrected chi connectivity index (χ0v) is 16.0. The zero-order chi connectivity index (χ0) is 19.6. The smallest absolute Gasteiger partial charge is 0.315 e. The van der Waals surface area contributed by atoms with E-state index in [2.05, 4.69) is 16.0 Å². The summed E-state index contributed by atoms with van der Waals surface area (Å²) < 4.78 is 5.13. The number of ether oxygens (including phenoxy) is 1. The lowest BCUT2D eigenvalue weighted by Crippen LogP contribution is -2.39. The molecule has 144 valence electrons. The van der Waals surface area contributed by atoms with Gasteiger partial charge in [-0.25, -0.2) is 4.79 Å². The topological polar surface area (TPSA) is 79.5 Å². The number of methoxy groups -OCH3 is 1. The van der Waals surface area contributed by atoms with Gasteiger partial charge in [-0.1, -0.05) is 24.3 Å². The lowest BCUT2D eigenvalue weighted by molar-refractivity contribution is 0.0954. The Labute approximate surface area is 160 Å². The summed E-state index contributed by atoms with van der Waals surface area (Å²) in [7, 11) is 1.64. The second kappa shape index (κ2) is 10.2. The molecule has 0 aromatic heterocycles. The predicted octanol–water partition coefficient (Wildman–Crippen LogP) is 2.88. The normalized spacial score (nSPS) is 10.4. The van der Waals surface area contributed by atoms with Gasteiger partial charge in [-0.05, 0) is 55.7 Å². The molecule has 6 nitrogen and oxygen atoms in total. The van der Waals surface area contributed by atoms with E-state index in [1.54, 1.807) is 19.2 Å². The third kappa shape index (κ3) is 7.01. The quantitative estimate of drug-likeness (QED) is 0.669. The van der Waals surface area contributed by atoms with Crippen molar-refractivity contribution >= 4 is 11.9 Å². The van der Waals surface area contributed by atoms with Gasteiger partial charge in [-0.3, -0.25) is 4.79 Å². The van der Waals surface area contributed by atoms with Crippen LogP contribution in [0.2, 0.25) is 0 Å². The lowest BCUT2D eigenvalue weighted by Gasteiger charge is -2.10. The van der Waals surface area contributed by atoms with Gasteiger partial charge in [-0.2, -0.15) is 0 Å². The summed E-state index contributed by atoms with van der Waals surface area (Å²) in [5.74, 6) is 0.708. The second-order valence-electron chi connectivity index (χ2n) is 6.53. The Morgan fingerprint density at radius 2 is 1.56 bits per heavy atom. The van der Waals surface area contributed by atoms with Gasteiger partial charge in [0.1, 0.15) is 5.75 Å². The molecule has 6 heteroatoms. The second-order valence-corrected chi connectivity index (χ2v) is 6.53. The van der Waals surface area contributed by atoms with E-state index < -0.39 is 0 Å². The molecule has 0 spiro atoms. The highest BCUT2D eigenvalue weighted by Crippen LogP contribution is 2.11. The van der Waals surface area contributed by atoms with Gasteiger partial charge in [0.15, 0.2) is 0 Å². The number of benzene rings is 2. The fourth-order valence-corrected chi connectivity index (χ4v) is 2.48. The van der Waals surface area contributed by atoms with E-state index in [4.69, 9.17) is 4.74 Å². The van der Waals surface area contributed by atoms with Crippen LogP contribution in [0.3, 0.4) is 0 Å². The Kier molecular flexibility index (Phi) is 7.67. The first-order valence-electron chi connectivity index (χ1n) is 9.02. The predicted molar refractivity (Wildman–Crippen MR) is 106 cm³/mol. The Morgan fingerprint density at radius 1 is 0.926 bits per heavy atom. The molecule has 0 radical (unpaired) electrons. The summed E-state index contributed by atoms with van der Waals surface area (Å²) in [6, 6.07) is 14.9. The first-order chi connectivity index (χ1) is 13.0. The first-order valence-corrected chi connectivity index (χ1v) is 9.02. The fraction of sp³-hybridized carbons (Fsp3) is 0.333. The summed E-state index contributed by atoms with van der Waals surface area (Å²) in [5.41, 5.74) is 2.67. The van der Waals surface area contributed by atoms with Crippen LogP contribution < -0.4 is 20.7 Å². The summed E-state index contributed by atoms with van der Waals surface area (Å²) in [4.78, 5) is 23.8. The maximum absolute atomic E-state index is 12.2. The third-order valence-corrected chi connectivity index (χ3v) is 3.95. The lowest BCUT2D eigenvalue weighted by atomic mass is 10.1. The Balaban J connectivity index is 1.76. The molecule has 0 aliphatic rings. The van der Waals surface area contributed by atoms with E-state index in [0.29, 0.717) is 18.7 Å². The van der Waals surface area contributed by atoms with Crippen molar-refractivity contribution in [2.45, 2.75) is 32.9 Å². The molecule has 3 N–H and O–H groups in total. The number of carbonyl (C=O) groups excluding carboxylic acids is 2. The van der Waals surface area contributed by atoms with Crippen molar-refractivity contribution in [2.24, 2.45) is 0 Å². The van der Waals surface area contributed by atoms with Gasteiger partial charge in [0, 0.05) is 24.7 Å². The molecule has 0 fully saturated rings. The summed E-state index contributed by atoms with van der Waals surface area (Å²) in [5, 5.41) is 8.46. The molecule has 2 aromatic rings. The van der Waals surface area contributed by atoms with E-state index in [1.807, 2.05) is 50.2 Å². The van der Waals surface area contributed by atoms with E-state index in [-0.39, 0.29) is 18.0 Å². The van der Waals surface area contributed by atoms with Crippen LogP contribution in [0.25, 0.3) is 0 Å². The molecule has 0 saturated carbocycles. The van der Waals surface area contributed by atoms with Gasteiger partial charge >= 0.3 is 6.03 Å². The number of rotatable bonds is 8. The average molecular weight is 369 g/mol. The van der Waals surface area contributed by atoms with Crippen molar-refractivity contribution in [3.8, 4) is 5.75 Å². The molecule has 2 aromatic carbocycles. The largest absolute Gasteiger partial charge is 0.497 e. The van der Waals surface area contributed by atoms with E-state index in [0.717, 1.165) is 23.3 Å². The number of hydrogen-bond donors (Lipinski definition) is 3. The summed E-state index contributed by atoms with van der Waals surface area (Å²) >= 11 is 0. The SMILES string of the molecule is COc1ccc(CCNC(=O)c2ccc(CNC(=O)NC(C)C)cc2)cc1. The molecule has 3 amide bonds. The van der Waals surface area contributed by atoms with Crippen molar-refractivity contribution in [3.05, 3.63) is 65.2 Å². The zero-order valence-electron chi connectivity index (χ0n) is 16.0. The van der Waals surface area contributed by atoms with Gasteiger partial charge in [-0.15, -0.1) is 0 Å². The number of nitrogens with one attached hydrogen (secondary N) is 3. The van der Waals surface area contributed by atoms with Crippen molar-refractivity contribution in [1.29, 1.82) is 0 Å². The minimum Gasteiger partial charge on any atom is -0.497 e. The number of urea groups is 1. The van der Waals surface area contributed by atoms with E-state index in [1.165, 1.54) is 0 Å². The molecular formula is C21H27N3O3. The highest BCUT2D eigenvalue weighted by Gasteiger charge is 2.06. The number of hydrogen-bond acceptors (Lipinski definition) is 3. The highest BCUT2D eigenvalue weighted by atomic mass is 16.5. The molecular weight excluding hydrogens is 342 g/mol. The van der Waals surface area contributed by atoms with Gasteiger partial charge in [0.05, 0.1) is 7.11 Å². The standard InChI is InChI=1S/C21H27N3O3/c1-15(2)24-21(26)23-14-17-4-8-18(9-5-17)20(25)22-13-12-16-6-10-19(27-3)11-7-16/h4-11,15H,12-14H2,1-3H3,(H,22,25)(H2,23,24,26). The maximum Gasteiger partial charge on any atom is 0.315 e.